The zero-order chi connectivity index (χ0) is 24.4. The molecule has 5 rings (SSSR count). The minimum absolute atomic E-state index is 0.284. The number of anilines is 1. The number of fused-ring (bicyclic) bond motifs is 1. The number of carbonyl (C=O) groups is 1. The Morgan fingerprint density at radius 1 is 1.23 bits per heavy atom. The molecular weight excluding hydrogens is 464 g/mol. The van der Waals surface area contributed by atoms with E-state index >= 15 is 0 Å². The fourth-order valence-corrected chi connectivity index (χ4v) is 5.66. The highest BCUT2D eigenvalue weighted by Crippen LogP contribution is 2.43. The van der Waals surface area contributed by atoms with E-state index < -0.39 is 5.91 Å². The number of benzene rings is 1. The van der Waals surface area contributed by atoms with Crippen molar-refractivity contribution < 1.29 is 14.1 Å². The highest BCUT2D eigenvalue weighted by Gasteiger charge is 2.36. The summed E-state index contributed by atoms with van der Waals surface area (Å²) in [5.74, 6) is 0.986. The molecule has 1 saturated carbocycles. The number of nitrogens with two attached hydrogens (primary N) is 1. The first-order valence-corrected chi connectivity index (χ1v) is 12.3. The molecule has 9 nitrogen and oxygen atoms in total. The Labute approximate surface area is 206 Å². The van der Waals surface area contributed by atoms with E-state index in [-0.39, 0.29) is 11.2 Å². The van der Waals surface area contributed by atoms with Gasteiger partial charge in [0.05, 0.1) is 10.5 Å². The molecule has 0 unspecified atom stereocenters. The van der Waals surface area contributed by atoms with Crippen LogP contribution in [0.3, 0.4) is 0 Å². The summed E-state index contributed by atoms with van der Waals surface area (Å²) < 4.78 is 11.0. The molecule has 0 aliphatic heterocycles. The molecule has 1 fully saturated rings. The van der Waals surface area contributed by atoms with Crippen molar-refractivity contribution in [1.29, 1.82) is 0 Å². The van der Waals surface area contributed by atoms with Crippen LogP contribution in [0.25, 0.3) is 27.7 Å². The smallest absolute Gasteiger partial charge is 0.253 e. The maximum Gasteiger partial charge on any atom is 0.253 e. The SMILES string of the molecule is COC1(c2cnc(C(=CNc3nccc4ccc(-c5noc(C)n5)cc34)C(N)=O)s2)CCCCC1. The third-order valence-corrected chi connectivity index (χ3v) is 7.62. The van der Waals surface area contributed by atoms with Crippen molar-refractivity contribution in [1.82, 2.24) is 20.1 Å². The molecule has 3 heterocycles. The van der Waals surface area contributed by atoms with Crippen molar-refractivity contribution in [2.24, 2.45) is 5.73 Å². The van der Waals surface area contributed by atoms with Crippen molar-refractivity contribution in [2.45, 2.75) is 44.6 Å². The average Bonchev–Trinajstić information content (AvgIpc) is 3.54. The van der Waals surface area contributed by atoms with E-state index in [0.29, 0.717) is 22.5 Å². The lowest BCUT2D eigenvalue weighted by atomic mass is 9.84. The number of pyridine rings is 1. The maximum atomic E-state index is 12.4. The number of hydrogen-bond acceptors (Lipinski definition) is 9. The molecule has 0 bridgehead atoms. The molecule has 35 heavy (non-hydrogen) atoms. The van der Waals surface area contributed by atoms with E-state index in [1.54, 1.807) is 32.6 Å². The van der Waals surface area contributed by atoms with Gasteiger partial charge in [-0.15, -0.1) is 11.3 Å². The first kappa shape index (κ1) is 23.1. The number of nitrogens with zero attached hydrogens (tertiary/aromatic N) is 4. The second-order valence-corrected chi connectivity index (χ2v) is 9.62. The fraction of sp³-hybridized carbons (Fsp3) is 0.320. The number of rotatable bonds is 7. The molecular formula is C25H26N6O3S. The fourth-order valence-electron chi connectivity index (χ4n) is 4.50. The van der Waals surface area contributed by atoms with Gasteiger partial charge in [0.15, 0.2) is 0 Å². The van der Waals surface area contributed by atoms with Gasteiger partial charge in [-0.25, -0.2) is 9.97 Å². The summed E-state index contributed by atoms with van der Waals surface area (Å²) in [4.78, 5) is 26.7. The van der Waals surface area contributed by atoms with Crippen LogP contribution in [0, 0.1) is 6.92 Å². The third-order valence-electron chi connectivity index (χ3n) is 6.41. The van der Waals surface area contributed by atoms with Gasteiger partial charge in [-0.3, -0.25) is 4.79 Å². The second kappa shape index (κ2) is 9.55. The van der Waals surface area contributed by atoms with Crippen LogP contribution in [0.15, 0.2) is 47.4 Å². The van der Waals surface area contributed by atoms with Gasteiger partial charge in [-0.2, -0.15) is 4.98 Å². The Morgan fingerprint density at radius 2 is 2.06 bits per heavy atom. The minimum Gasteiger partial charge on any atom is -0.373 e. The maximum absolute atomic E-state index is 12.4. The van der Waals surface area contributed by atoms with Crippen molar-refractivity contribution in [3.63, 3.8) is 0 Å². The molecule has 0 spiro atoms. The average molecular weight is 491 g/mol. The predicted molar refractivity (Wildman–Crippen MR) is 134 cm³/mol. The van der Waals surface area contributed by atoms with Crippen LogP contribution in [-0.4, -0.2) is 33.1 Å². The largest absolute Gasteiger partial charge is 0.373 e. The summed E-state index contributed by atoms with van der Waals surface area (Å²) >= 11 is 1.45. The molecule has 0 saturated heterocycles. The summed E-state index contributed by atoms with van der Waals surface area (Å²) in [6.45, 7) is 1.75. The molecule has 1 aromatic carbocycles. The van der Waals surface area contributed by atoms with Crippen LogP contribution in [0.5, 0.6) is 0 Å². The molecule has 1 aliphatic rings. The summed E-state index contributed by atoms with van der Waals surface area (Å²) in [5.41, 5.74) is 6.48. The van der Waals surface area contributed by atoms with E-state index in [2.05, 4.69) is 25.4 Å². The molecule has 10 heteroatoms. The van der Waals surface area contributed by atoms with Gasteiger partial charge < -0.3 is 20.3 Å². The number of ether oxygens (including phenoxy) is 1. The van der Waals surface area contributed by atoms with Gasteiger partial charge in [0, 0.05) is 43.6 Å². The lowest BCUT2D eigenvalue weighted by Crippen LogP contribution is -2.30. The van der Waals surface area contributed by atoms with E-state index in [1.807, 2.05) is 24.3 Å². The molecule has 0 radical (unpaired) electrons. The Bertz CT molecular complexity index is 1400. The van der Waals surface area contributed by atoms with Crippen LogP contribution in [0.1, 0.15) is 47.9 Å². The Morgan fingerprint density at radius 3 is 2.77 bits per heavy atom. The highest BCUT2D eigenvalue weighted by molar-refractivity contribution is 7.13. The number of methoxy groups -OCH3 is 1. The molecule has 4 aromatic rings. The number of thiazole rings is 1. The standard InChI is InChI=1S/C25H26N6O3S/c1-15-30-22(31-34-15)17-7-6-16-8-11-27-23(18(16)12-17)28-13-19(21(26)32)24-29-14-20(35-24)25(33-2)9-4-3-5-10-25/h6-8,11-14H,3-5,9-10H2,1-2H3,(H2,26,32)(H,27,28). The summed E-state index contributed by atoms with van der Waals surface area (Å²) in [6.07, 6.45) is 10.4. The molecule has 3 N–H and O–H groups in total. The molecule has 180 valence electrons. The highest BCUT2D eigenvalue weighted by atomic mass is 32.1. The molecule has 1 amide bonds. The van der Waals surface area contributed by atoms with E-state index in [4.69, 9.17) is 15.0 Å². The van der Waals surface area contributed by atoms with Gasteiger partial charge in [-0.05, 0) is 30.4 Å². The minimum atomic E-state index is -0.572. The van der Waals surface area contributed by atoms with Gasteiger partial charge in [0.1, 0.15) is 16.4 Å². The Kier molecular flexibility index (Phi) is 6.31. The van der Waals surface area contributed by atoms with Gasteiger partial charge in [0.2, 0.25) is 11.7 Å². The van der Waals surface area contributed by atoms with E-state index in [9.17, 15) is 4.79 Å². The Balaban J connectivity index is 1.47. The zero-order valence-electron chi connectivity index (χ0n) is 19.6. The second-order valence-electron chi connectivity index (χ2n) is 8.59. The summed E-state index contributed by atoms with van der Waals surface area (Å²) in [7, 11) is 1.74. The van der Waals surface area contributed by atoms with Gasteiger partial charge >= 0.3 is 0 Å². The molecule has 0 atom stereocenters. The van der Waals surface area contributed by atoms with Crippen molar-refractivity contribution in [3.05, 3.63) is 58.6 Å². The monoisotopic (exact) mass is 490 g/mol. The number of aromatic nitrogens is 4. The van der Waals surface area contributed by atoms with Crippen LogP contribution in [0.4, 0.5) is 5.82 Å². The Hall–Kier alpha value is -3.63. The quantitative estimate of drug-likeness (QED) is 0.354. The van der Waals surface area contributed by atoms with E-state index in [0.717, 1.165) is 46.9 Å². The molecule has 1 aliphatic carbocycles. The number of aryl methyl sites for hydroxylation is 1. The normalized spacial score (nSPS) is 15.9. The third kappa shape index (κ3) is 4.54. The number of nitrogens with one attached hydrogen (secondary N) is 1. The van der Waals surface area contributed by atoms with Crippen LogP contribution >= 0.6 is 11.3 Å². The van der Waals surface area contributed by atoms with E-state index in [1.165, 1.54) is 17.8 Å². The molecule has 3 aromatic heterocycles. The van der Waals surface area contributed by atoms with Crippen molar-refractivity contribution in [2.75, 3.05) is 12.4 Å². The lowest BCUT2D eigenvalue weighted by molar-refractivity contribution is -0.112. The first-order chi connectivity index (χ1) is 17.0. The summed E-state index contributed by atoms with van der Waals surface area (Å²) in [6, 6.07) is 7.73. The van der Waals surface area contributed by atoms with Crippen molar-refractivity contribution >= 4 is 39.4 Å². The van der Waals surface area contributed by atoms with Gasteiger partial charge in [0.25, 0.3) is 5.91 Å². The number of amides is 1. The number of carbonyl (C=O) groups excluding carboxylic acids is 1. The number of primary amides is 1. The lowest BCUT2D eigenvalue weighted by Gasteiger charge is -2.34. The van der Waals surface area contributed by atoms with Gasteiger partial charge in [-0.1, -0.05) is 36.6 Å². The summed E-state index contributed by atoms with van der Waals surface area (Å²) in [5, 5.41) is 9.51. The predicted octanol–water partition coefficient (Wildman–Crippen LogP) is 4.79. The van der Waals surface area contributed by atoms with Crippen LogP contribution < -0.4 is 11.1 Å². The topological polar surface area (TPSA) is 129 Å². The number of hydrogen-bond donors (Lipinski definition) is 2. The first-order valence-electron chi connectivity index (χ1n) is 11.5. The zero-order valence-corrected chi connectivity index (χ0v) is 20.4. The van der Waals surface area contributed by atoms with Crippen molar-refractivity contribution in [3.8, 4) is 11.4 Å². The van der Waals surface area contributed by atoms with Crippen LogP contribution in [0.2, 0.25) is 0 Å². The van der Waals surface area contributed by atoms with Crippen LogP contribution in [-0.2, 0) is 15.1 Å².